The second-order valence-corrected chi connectivity index (χ2v) is 10.4. The van der Waals surface area contributed by atoms with E-state index >= 15 is 0 Å². The normalized spacial score (nSPS) is 10.9. The van der Waals surface area contributed by atoms with Crippen LogP contribution in [0, 0.1) is 0 Å². The number of aromatic nitrogens is 1. The number of ether oxygens (including phenoxy) is 3. The van der Waals surface area contributed by atoms with Crippen LogP contribution in [0.4, 0.5) is 0 Å². The molecule has 1 heterocycles. The van der Waals surface area contributed by atoms with Gasteiger partial charge in [-0.25, -0.2) is 4.98 Å². The fraction of sp³-hybridized carbons (Fsp3) is 0.320. The summed E-state index contributed by atoms with van der Waals surface area (Å²) < 4.78 is 15.5. The molecule has 0 saturated carbocycles. The van der Waals surface area contributed by atoms with Gasteiger partial charge in [-0.15, -0.1) is 23.5 Å². The topological polar surface area (TPSA) is 74.7 Å². The number of hydrogen-bond donors (Lipinski definition) is 0. The number of thioether (sulfide) groups is 2. The number of rotatable bonds is 12. The van der Waals surface area contributed by atoms with Gasteiger partial charge in [0.1, 0.15) is 12.4 Å². The summed E-state index contributed by atoms with van der Waals surface area (Å²) in [6.45, 7) is 0.321. The van der Waals surface area contributed by atoms with E-state index in [4.69, 9.17) is 25.8 Å². The zero-order valence-corrected chi connectivity index (χ0v) is 21.4. The Labute approximate surface area is 212 Å². The van der Waals surface area contributed by atoms with Gasteiger partial charge in [0.25, 0.3) is 0 Å². The summed E-state index contributed by atoms with van der Waals surface area (Å²) in [7, 11) is 2.77. The number of esters is 2. The zero-order valence-electron chi connectivity index (χ0n) is 19.0. The molecule has 0 amide bonds. The molecule has 1 aromatic heterocycles. The smallest absolute Gasteiger partial charge is 0.306 e. The highest BCUT2D eigenvalue weighted by molar-refractivity contribution is 8.16. The molecule has 3 aromatic rings. The number of nitrogens with zero attached hydrogens (tertiary/aromatic N) is 1. The first-order valence-corrected chi connectivity index (χ1v) is 13.1. The molecule has 0 unspecified atom stereocenters. The van der Waals surface area contributed by atoms with Gasteiger partial charge < -0.3 is 14.2 Å². The average molecular weight is 520 g/mol. The van der Waals surface area contributed by atoms with Gasteiger partial charge in [-0.2, -0.15) is 0 Å². The van der Waals surface area contributed by atoms with E-state index in [1.54, 1.807) is 23.5 Å². The quantitative estimate of drug-likeness (QED) is 0.211. The zero-order chi connectivity index (χ0) is 24.3. The lowest BCUT2D eigenvalue weighted by molar-refractivity contribution is -0.140. The third-order valence-electron chi connectivity index (χ3n) is 4.83. The molecular formula is C25H26ClNO5S2. The fourth-order valence-electron chi connectivity index (χ4n) is 3.06. The molecule has 0 spiro atoms. The van der Waals surface area contributed by atoms with E-state index in [0.717, 1.165) is 27.9 Å². The van der Waals surface area contributed by atoms with Crippen molar-refractivity contribution in [3.05, 3.63) is 70.9 Å². The number of pyridine rings is 1. The summed E-state index contributed by atoms with van der Waals surface area (Å²) in [6.07, 6.45) is 0.645. The fourth-order valence-corrected chi connectivity index (χ4v) is 5.87. The lowest BCUT2D eigenvalue weighted by atomic mass is 10.2. The number of benzene rings is 2. The molecule has 9 heteroatoms. The van der Waals surface area contributed by atoms with Gasteiger partial charge in [0.05, 0.1) is 42.9 Å². The van der Waals surface area contributed by atoms with E-state index in [-0.39, 0.29) is 16.5 Å². The van der Waals surface area contributed by atoms with Gasteiger partial charge in [0.2, 0.25) is 0 Å². The number of carbonyl (C=O) groups is 2. The van der Waals surface area contributed by atoms with E-state index < -0.39 is 0 Å². The minimum atomic E-state index is -0.243. The summed E-state index contributed by atoms with van der Waals surface area (Å²) in [5, 5.41) is 1.66. The Morgan fingerprint density at radius 2 is 1.62 bits per heavy atom. The van der Waals surface area contributed by atoms with Crippen molar-refractivity contribution in [1.29, 1.82) is 0 Å². The molecule has 0 aliphatic carbocycles. The Kier molecular flexibility index (Phi) is 10.4. The highest BCUT2D eigenvalue weighted by Gasteiger charge is 2.16. The van der Waals surface area contributed by atoms with Gasteiger partial charge in [-0.1, -0.05) is 35.9 Å². The van der Waals surface area contributed by atoms with E-state index in [1.165, 1.54) is 14.2 Å². The van der Waals surface area contributed by atoms with Crippen LogP contribution in [0.25, 0.3) is 10.9 Å². The first kappa shape index (κ1) is 26.2. The maximum Gasteiger partial charge on any atom is 0.306 e. The lowest BCUT2D eigenvalue weighted by Crippen LogP contribution is -2.04. The molecule has 0 aliphatic heterocycles. The molecule has 0 atom stereocenters. The first-order valence-electron chi connectivity index (χ1n) is 10.6. The van der Waals surface area contributed by atoms with Crippen molar-refractivity contribution in [2.45, 2.75) is 24.0 Å². The van der Waals surface area contributed by atoms with Crippen LogP contribution in [-0.2, 0) is 25.7 Å². The number of hydrogen-bond acceptors (Lipinski definition) is 8. The van der Waals surface area contributed by atoms with Crippen LogP contribution < -0.4 is 4.74 Å². The summed E-state index contributed by atoms with van der Waals surface area (Å²) >= 11 is 9.35. The SMILES string of the molecule is COC(=O)CCSC(SCCC(=O)OC)c1cccc(OCc2ccc3ccc(Cl)cc3n2)c1. The van der Waals surface area contributed by atoms with Crippen LogP contribution >= 0.6 is 35.1 Å². The molecule has 6 nitrogen and oxygen atoms in total. The summed E-state index contributed by atoms with van der Waals surface area (Å²) in [5.41, 5.74) is 2.67. The Morgan fingerprint density at radius 1 is 0.941 bits per heavy atom. The van der Waals surface area contributed by atoms with E-state index in [0.29, 0.717) is 36.0 Å². The number of methoxy groups -OCH3 is 2. The van der Waals surface area contributed by atoms with Crippen LogP contribution in [0.15, 0.2) is 54.6 Å². The van der Waals surface area contributed by atoms with Crippen LogP contribution in [0.3, 0.4) is 0 Å². The van der Waals surface area contributed by atoms with Crippen molar-refractivity contribution in [2.75, 3.05) is 25.7 Å². The highest BCUT2D eigenvalue weighted by atomic mass is 35.5. The molecule has 3 rings (SSSR count). The van der Waals surface area contributed by atoms with E-state index in [2.05, 4.69) is 4.98 Å². The van der Waals surface area contributed by atoms with Crippen molar-refractivity contribution in [3.8, 4) is 5.75 Å². The minimum absolute atomic E-state index is 0.0267. The predicted octanol–water partition coefficient (Wildman–Crippen LogP) is 6.06. The first-order chi connectivity index (χ1) is 16.5. The number of carbonyl (C=O) groups excluding carboxylic acids is 2. The van der Waals surface area contributed by atoms with Crippen molar-refractivity contribution in [2.24, 2.45) is 0 Å². The molecular weight excluding hydrogens is 494 g/mol. The Balaban J connectivity index is 1.66. The van der Waals surface area contributed by atoms with Crippen molar-refractivity contribution in [1.82, 2.24) is 4.98 Å². The summed E-state index contributed by atoms with van der Waals surface area (Å²) in [5.74, 6) is 1.45. The molecule has 0 radical (unpaired) electrons. The Bertz CT molecular complexity index is 1110. The summed E-state index contributed by atoms with van der Waals surface area (Å²) in [6, 6.07) is 17.4. The molecule has 0 saturated heterocycles. The standard InChI is InChI=1S/C25H26ClNO5S2/c1-30-23(28)10-12-33-25(34-13-11-24(29)31-2)18-4-3-5-21(14-18)32-16-20-9-7-17-6-8-19(26)15-22(17)27-20/h3-9,14-15,25H,10-13,16H2,1-2H3. The molecule has 2 aromatic carbocycles. The van der Waals surface area contributed by atoms with Gasteiger partial charge >= 0.3 is 11.9 Å². The van der Waals surface area contributed by atoms with Gasteiger partial charge in [-0.05, 0) is 35.9 Å². The van der Waals surface area contributed by atoms with Crippen LogP contribution in [0.1, 0.15) is 28.7 Å². The van der Waals surface area contributed by atoms with Crippen LogP contribution in [-0.4, -0.2) is 42.6 Å². The van der Waals surface area contributed by atoms with E-state index in [9.17, 15) is 9.59 Å². The third kappa shape index (κ3) is 8.11. The van der Waals surface area contributed by atoms with Gasteiger partial charge in [0.15, 0.2) is 0 Å². The monoisotopic (exact) mass is 519 g/mol. The summed E-state index contributed by atoms with van der Waals surface area (Å²) in [4.78, 5) is 27.7. The van der Waals surface area contributed by atoms with E-state index in [1.807, 2.05) is 54.6 Å². The Hall–Kier alpha value is -2.42. The third-order valence-corrected chi connectivity index (χ3v) is 7.92. The lowest BCUT2D eigenvalue weighted by Gasteiger charge is -2.17. The number of fused-ring (bicyclic) bond motifs is 1. The van der Waals surface area contributed by atoms with Gasteiger partial charge in [0, 0.05) is 21.9 Å². The van der Waals surface area contributed by atoms with Crippen molar-refractivity contribution >= 4 is 58.0 Å². The predicted molar refractivity (Wildman–Crippen MR) is 138 cm³/mol. The molecule has 0 aliphatic rings. The molecule has 0 bridgehead atoms. The average Bonchev–Trinajstić information content (AvgIpc) is 2.86. The largest absolute Gasteiger partial charge is 0.487 e. The highest BCUT2D eigenvalue weighted by Crippen LogP contribution is 2.41. The maximum absolute atomic E-state index is 11.5. The van der Waals surface area contributed by atoms with Gasteiger partial charge in [-0.3, -0.25) is 9.59 Å². The van der Waals surface area contributed by atoms with Crippen molar-refractivity contribution < 1.29 is 23.8 Å². The molecule has 34 heavy (non-hydrogen) atoms. The molecule has 0 fully saturated rings. The number of halogens is 1. The molecule has 0 N–H and O–H groups in total. The van der Waals surface area contributed by atoms with Crippen molar-refractivity contribution in [3.63, 3.8) is 0 Å². The minimum Gasteiger partial charge on any atom is -0.487 e. The Morgan fingerprint density at radius 3 is 2.29 bits per heavy atom. The van der Waals surface area contributed by atoms with Crippen LogP contribution in [0.5, 0.6) is 5.75 Å². The van der Waals surface area contributed by atoms with Crippen LogP contribution in [0.2, 0.25) is 5.02 Å². The molecule has 180 valence electrons. The maximum atomic E-state index is 11.5. The second kappa shape index (κ2) is 13.5. The second-order valence-electron chi connectivity index (χ2n) is 7.23.